The van der Waals surface area contributed by atoms with E-state index < -0.39 is 42.3 Å². The molecule has 1 heterocycles. The van der Waals surface area contributed by atoms with Crippen LogP contribution in [-0.4, -0.2) is 23.1 Å². The Hall–Kier alpha value is -3.53. The molecule has 1 N–H and O–H groups in total. The number of carbonyl (C=O) groups excluding carboxylic acids is 2. The van der Waals surface area contributed by atoms with Gasteiger partial charge in [-0.25, -0.2) is 0 Å². The van der Waals surface area contributed by atoms with Gasteiger partial charge in [-0.1, -0.05) is 42.1 Å². The zero-order valence-electron chi connectivity index (χ0n) is 16.5. The van der Waals surface area contributed by atoms with Crippen molar-refractivity contribution in [1.29, 1.82) is 0 Å². The molecule has 10 heteroatoms. The SMILES string of the molecule is O=C(COC(=O)Cn1cc(C(F)(F)F)ccc1=O)Nc1ccccc1Sc1ccccc1. The van der Waals surface area contributed by atoms with E-state index in [1.807, 2.05) is 42.5 Å². The van der Waals surface area contributed by atoms with Crippen molar-refractivity contribution in [2.75, 3.05) is 11.9 Å². The quantitative estimate of drug-likeness (QED) is 0.533. The lowest BCUT2D eigenvalue weighted by molar-refractivity contribution is -0.148. The molecule has 32 heavy (non-hydrogen) atoms. The standard InChI is InChI=1S/C22H17F3N2O4S/c23-22(24,25)15-10-11-20(29)27(12-15)13-21(30)31-14-19(28)26-17-8-4-5-9-18(17)32-16-6-2-1-3-7-16/h1-12H,13-14H2,(H,26,28). The van der Waals surface area contributed by atoms with E-state index in [0.29, 0.717) is 28.6 Å². The van der Waals surface area contributed by atoms with Gasteiger partial charge in [0.1, 0.15) is 6.54 Å². The molecular weight excluding hydrogens is 445 g/mol. The topological polar surface area (TPSA) is 77.4 Å². The van der Waals surface area contributed by atoms with Gasteiger partial charge in [-0.3, -0.25) is 14.4 Å². The average molecular weight is 462 g/mol. The molecule has 166 valence electrons. The number of amides is 1. The largest absolute Gasteiger partial charge is 0.454 e. The number of benzene rings is 2. The summed E-state index contributed by atoms with van der Waals surface area (Å²) in [6, 6.07) is 17.9. The van der Waals surface area contributed by atoms with Crippen LogP contribution in [0.1, 0.15) is 5.56 Å². The minimum Gasteiger partial charge on any atom is -0.454 e. The van der Waals surface area contributed by atoms with Crippen LogP contribution in [0.2, 0.25) is 0 Å². The van der Waals surface area contributed by atoms with Crippen LogP contribution in [0.15, 0.2) is 87.5 Å². The predicted octanol–water partition coefficient (Wildman–Crippen LogP) is 4.20. The summed E-state index contributed by atoms with van der Waals surface area (Å²) in [5, 5.41) is 2.64. The number of carbonyl (C=O) groups is 2. The lowest BCUT2D eigenvalue weighted by atomic mass is 10.3. The van der Waals surface area contributed by atoms with Crippen molar-refractivity contribution < 1.29 is 27.5 Å². The molecule has 0 saturated heterocycles. The average Bonchev–Trinajstić information content (AvgIpc) is 2.75. The molecule has 2 aromatic carbocycles. The molecule has 0 radical (unpaired) electrons. The molecule has 0 bridgehead atoms. The zero-order valence-corrected chi connectivity index (χ0v) is 17.3. The van der Waals surface area contributed by atoms with Gasteiger partial charge < -0.3 is 14.6 Å². The van der Waals surface area contributed by atoms with E-state index in [4.69, 9.17) is 4.74 Å². The van der Waals surface area contributed by atoms with Gasteiger partial charge in [0.15, 0.2) is 6.61 Å². The van der Waals surface area contributed by atoms with Gasteiger partial charge in [-0.15, -0.1) is 0 Å². The van der Waals surface area contributed by atoms with Crippen LogP contribution in [0, 0.1) is 0 Å². The maximum atomic E-state index is 12.8. The Morgan fingerprint density at radius 2 is 1.66 bits per heavy atom. The van der Waals surface area contributed by atoms with Crippen LogP contribution in [-0.2, 0) is 27.0 Å². The van der Waals surface area contributed by atoms with Crippen molar-refractivity contribution in [2.45, 2.75) is 22.5 Å². The van der Waals surface area contributed by atoms with Crippen molar-refractivity contribution in [1.82, 2.24) is 4.57 Å². The molecule has 0 spiro atoms. The number of ether oxygens (including phenoxy) is 1. The summed E-state index contributed by atoms with van der Waals surface area (Å²) in [6.07, 6.45) is -4.13. The number of nitrogens with zero attached hydrogens (tertiary/aromatic N) is 1. The molecule has 3 aromatic rings. The second-order valence-electron chi connectivity index (χ2n) is 6.50. The smallest absolute Gasteiger partial charge is 0.417 e. The summed E-state index contributed by atoms with van der Waals surface area (Å²) in [7, 11) is 0. The first-order chi connectivity index (χ1) is 15.2. The van der Waals surface area contributed by atoms with Crippen molar-refractivity contribution in [3.8, 4) is 0 Å². The molecule has 0 saturated carbocycles. The van der Waals surface area contributed by atoms with Crippen LogP contribution in [0.5, 0.6) is 0 Å². The van der Waals surface area contributed by atoms with E-state index in [0.717, 1.165) is 9.79 Å². The maximum absolute atomic E-state index is 12.8. The second-order valence-corrected chi connectivity index (χ2v) is 7.62. The normalized spacial score (nSPS) is 11.1. The molecule has 0 fully saturated rings. The second kappa shape index (κ2) is 10.2. The lowest BCUT2D eigenvalue weighted by Gasteiger charge is -2.12. The van der Waals surface area contributed by atoms with Gasteiger partial charge in [0.25, 0.3) is 11.5 Å². The highest BCUT2D eigenvalue weighted by Gasteiger charge is 2.31. The Labute approximate surface area is 185 Å². The highest BCUT2D eigenvalue weighted by atomic mass is 32.2. The molecule has 0 unspecified atom stereocenters. The summed E-state index contributed by atoms with van der Waals surface area (Å²) in [5.74, 6) is -1.65. The van der Waals surface area contributed by atoms with Crippen LogP contribution in [0.25, 0.3) is 0 Å². The van der Waals surface area contributed by atoms with Gasteiger partial charge in [0.05, 0.1) is 11.3 Å². The van der Waals surface area contributed by atoms with Crippen molar-refractivity contribution >= 4 is 29.3 Å². The first kappa shape index (κ1) is 23.1. The first-order valence-electron chi connectivity index (χ1n) is 9.27. The third kappa shape index (κ3) is 6.48. The Kier molecular flexibility index (Phi) is 7.37. The van der Waals surface area contributed by atoms with Crippen LogP contribution < -0.4 is 10.9 Å². The summed E-state index contributed by atoms with van der Waals surface area (Å²) in [4.78, 5) is 37.6. The summed E-state index contributed by atoms with van der Waals surface area (Å²) >= 11 is 1.43. The van der Waals surface area contributed by atoms with Gasteiger partial charge in [-0.2, -0.15) is 13.2 Å². The van der Waals surface area contributed by atoms with E-state index in [1.165, 1.54) is 11.8 Å². The lowest BCUT2D eigenvalue weighted by Crippen LogP contribution is -2.28. The Morgan fingerprint density at radius 1 is 0.969 bits per heavy atom. The molecular formula is C22H17F3N2O4S. The van der Waals surface area contributed by atoms with Gasteiger partial charge in [0, 0.05) is 22.1 Å². The highest BCUT2D eigenvalue weighted by Crippen LogP contribution is 2.33. The zero-order chi connectivity index (χ0) is 23.1. The van der Waals surface area contributed by atoms with E-state index in [2.05, 4.69) is 5.32 Å². The fourth-order valence-electron chi connectivity index (χ4n) is 2.61. The predicted molar refractivity (Wildman–Crippen MR) is 112 cm³/mol. The molecule has 6 nitrogen and oxygen atoms in total. The number of rotatable bonds is 7. The number of hydrogen-bond acceptors (Lipinski definition) is 5. The van der Waals surface area contributed by atoms with E-state index in [1.54, 1.807) is 12.1 Å². The number of esters is 1. The number of halogens is 3. The van der Waals surface area contributed by atoms with Gasteiger partial charge in [-0.05, 0) is 30.3 Å². The number of alkyl halides is 3. The number of pyridine rings is 1. The fourth-order valence-corrected chi connectivity index (χ4v) is 3.54. The maximum Gasteiger partial charge on any atom is 0.417 e. The molecule has 0 aliphatic heterocycles. The first-order valence-corrected chi connectivity index (χ1v) is 10.1. The number of aromatic nitrogens is 1. The monoisotopic (exact) mass is 462 g/mol. The van der Waals surface area contributed by atoms with Gasteiger partial charge in [0.2, 0.25) is 0 Å². The summed E-state index contributed by atoms with van der Waals surface area (Å²) in [5.41, 5.74) is -1.36. The van der Waals surface area contributed by atoms with Crippen LogP contribution in [0.3, 0.4) is 0 Å². The minimum absolute atomic E-state index is 0.511. The van der Waals surface area contributed by atoms with E-state index in [9.17, 15) is 27.6 Å². The Balaban J connectivity index is 1.58. The van der Waals surface area contributed by atoms with Crippen molar-refractivity contribution in [2.24, 2.45) is 0 Å². The minimum atomic E-state index is -4.66. The third-order valence-electron chi connectivity index (χ3n) is 4.11. The van der Waals surface area contributed by atoms with Crippen LogP contribution >= 0.6 is 11.8 Å². The van der Waals surface area contributed by atoms with E-state index >= 15 is 0 Å². The molecule has 0 atom stereocenters. The van der Waals surface area contributed by atoms with Crippen LogP contribution in [0.4, 0.5) is 18.9 Å². The number of anilines is 1. The number of para-hydroxylation sites is 1. The molecule has 3 rings (SSSR count). The molecule has 0 aliphatic carbocycles. The number of hydrogen-bond donors (Lipinski definition) is 1. The molecule has 1 aromatic heterocycles. The number of nitrogens with one attached hydrogen (secondary N) is 1. The van der Waals surface area contributed by atoms with Gasteiger partial charge >= 0.3 is 12.1 Å². The Morgan fingerprint density at radius 3 is 2.38 bits per heavy atom. The molecule has 1 amide bonds. The van der Waals surface area contributed by atoms with Crippen molar-refractivity contribution in [3.63, 3.8) is 0 Å². The summed E-state index contributed by atoms with van der Waals surface area (Å²) in [6.45, 7) is -1.41. The molecule has 0 aliphatic rings. The third-order valence-corrected chi connectivity index (χ3v) is 5.19. The fraction of sp³-hybridized carbons (Fsp3) is 0.136. The highest BCUT2D eigenvalue weighted by molar-refractivity contribution is 7.99. The Bertz CT molecular complexity index is 1160. The summed E-state index contributed by atoms with van der Waals surface area (Å²) < 4.78 is 43.7. The van der Waals surface area contributed by atoms with E-state index in [-0.39, 0.29) is 0 Å². The van der Waals surface area contributed by atoms with Crippen molar-refractivity contribution in [3.05, 3.63) is 88.8 Å².